The van der Waals surface area contributed by atoms with Crippen molar-refractivity contribution in [3.05, 3.63) is 11.8 Å². The highest BCUT2D eigenvalue weighted by Gasteiger charge is 2.09. The predicted molar refractivity (Wildman–Crippen MR) is 74.3 cm³/mol. The zero-order chi connectivity index (χ0) is 13.9. The molecule has 1 aliphatic rings. The molecule has 1 fully saturated rings. The monoisotopic (exact) mass is 265 g/mol. The lowest BCUT2D eigenvalue weighted by Crippen LogP contribution is -2.45. The summed E-state index contributed by atoms with van der Waals surface area (Å²) >= 11 is 0. The van der Waals surface area contributed by atoms with Gasteiger partial charge < -0.3 is 16.0 Å². The molecule has 1 amide bonds. The van der Waals surface area contributed by atoms with Gasteiger partial charge >= 0.3 is 0 Å². The maximum Gasteiger partial charge on any atom is 0.263 e. The summed E-state index contributed by atoms with van der Waals surface area (Å²) in [6, 6.07) is 1.91. The number of carbonyl (C=O) groups is 1. The number of hydrogen-bond donors (Lipinski definition) is 3. The van der Waals surface area contributed by atoms with E-state index < -0.39 is 0 Å². The molecule has 0 atom stereocenters. The second-order valence-electron chi connectivity index (χ2n) is 4.47. The number of carbonyl (C=O) groups excluding carboxylic acids is 1. The largest absolute Gasteiger partial charge is 0.388 e. The van der Waals surface area contributed by atoms with Crippen LogP contribution >= 0.6 is 0 Å². The van der Waals surface area contributed by atoms with Gasteiger partial charge in [-0.25, -0.2) is 0 Å². The van der Waals surface area contributed by atoms with Crippen LogP contribution in [0.5, 0.6) is 0 Å². The van der Waals surface area contributed by atoms with Crippen LogP contribution in [0.15, 0.2) is 11.8 Å². The topological polar surface area (TPSA) is 80.2 Å². The Labute approximate surface area is 114 Å². The average molecular weight is 265 g/mol. The van der Waals surface area contributed by atoms with E-state index in [2.05, 4.69) is 20.9 Å². The van der Waals surface area contributed by atoms with E-state index in [-0.39, 0.29) is 11.5 Å². The van der Waals surface area contributed by atoms with Gasteiger partial charge in [0.05, 0.1) is 0 Å². The molecule has 6 heteroatoms. The minimum atomic E-state index is -0.306. The highest BCUT2D eigenvalue weighted by molar-refractivity contribution is 5.97. The molecule has 0 radical (unpaired) electrons. The summed E-state index contributed by atoms with van der Waals surface area (Å²) in [6.45, 7) is 8.39. The lowest BCUT2D eigenvalue weighted by atomic mass is 10.3. The third-order valence-electron chi connectivity index (χ3n) is 2.93. The van der Waals surface area contributed by atoms with E-state index in [1.165, 1.54) is 6.20 Å². The van der Waals surface area contributed by atoms with Crippen molar-refractivity contribution < 1.29 is 4.79 Å². The second-order valence-corrected chi connectivity index (χ2v) is 4.47. The maximum absolute atomic E-state index is 11.6. The smallest absolute Gasteiger partial charge is 0.263 e. The number of piperazine rings is 1. The van der Waals surface area contributed by atoms with Crippen molar-refractivity contribution in [2.45, 2.75) is 13.3 Å². The van der Waals surface area contributed by atoms with E-state index in [9.17, 15) is 4.79 Å². The highest BCUT2D eigenvalue weighted by atomic mass is 16.1. The van der Waals surface area contributed by atoms with Crippen molar-refractivity contribution in [1.29, 1.82) is 5.26 Å². The van der Waals surface area contributed by atoms with Crippen molar-refractivity contribution in [3.63, 3.8) is 0 Å². The van der Waals surface area contributed by atoms with Gasteiger partial charge in [-0.3, -0.25) is 9.69 Å². The zero-order valence-corrected chi connectivity index (χ0v) is 11.5. The van der Waals surface area contributed by atoms with Gasteiger partial charge in [0.15, 0.2) is 0 Å². The van der Waals surface area contributed by atoms with Crippen LogP contribution in [0.4, 0.5) is 0 Å². The molecule has 0 aromatic rings. The molecule has 1 aliphatic heterocycles. The van der Waals surface area contributed by atoms with Crippen molar-refractivity contribution >= 4 is 5.91 Å². The van der Waals surface area contributed by atoms with Gasteiger partial charge in [-0.05, 0) is 6.42 Å². The fraction of sp³-hybridized carbons (Fsp3) is 0.692. The molecule has 0 aromatic carbocycles. The molecule has 0 aromatic heterocycles. The summed E-state index contributed by atoms with van der Waals surface area (Å²) in [5.41, 5.74) is 0.133. The minimum absolute atomic E-state index is 0.133. The number of nitrogens with one attached hydrogen (secondary N) is 3. The van der Waals surface area contributed by atoms with E-state index in [1.54, 1.807) is 0 Å². The first-order chi connectivity index (χ1) is 9.27. The minimum Gasteiger partial charge on any atom is -0.388 e. The van der Waals surface area contributed by atoms with Gasteiger partial charge in [0.25, 0.3) is 5.91 Å². The molecule has 0 bridgehead atoms. The summed E-state index contributed by atoms with van der Waals surface area (Å²) < 4.78 is 0. The van der Waals surface area contributed by atoms with Gasteiger partial charge in [-0.2, -0.15) is 5.26 Å². The molecular formula is C13H23N5O. The van der Waals surface area contributed by atoms with Crippen molar-refractivity contribution in [2.75, 3.05) is 45.8 Å². The normalized spacial score (nSPS) is 16.7. The third kappa shape index (κ3) is 6.22. The molecule has 1 rings (SSSR count). The predicted octanol–water partition coefficient (Wildman–Crippen LogP) is -0.585. The van der Waals surface area contributed by atoms with Gasteiger partial charge in [0.2, 0.25) is 0 Å². The number of hydrogen-bond acceptors (Lipinski definition) is 5. The molecule has 6 nitrogen and oxygen atoms in total. The summed E-state index contributed by atoms with van der Waals surface area (Å²) in [7, 11) is 0. The van der Waals surface area contributed by atoms with Crippen LogP contribution in [0.25, 0.3) is 0 Å². The van der Waals surface area contributed by atoms with Crippen LogP contribution in [0.1, 0.15) is 13.3 Å². The summed E-state index contributed by atoms with van der Waals surface area (Å²) in [6.07, 6.45) is 2.37. The highest BCUT2D eigenvalue weighted by Crippen LogP contribution is 1.92. The number of nitrogens with zero attached hydrogens (tertiary/aromatic N) is 2. The van der Waals surface area contributed by atoms with Gasteiger partial charge in [-0.15, -0.1) is 0 Å². The van der Waals surface area contributed by atoms with Crippen molar-refractivity contribution in [1.82, 2.24) is 20.9 Å². The quantitative estimate of drug-likeness (QED) is 0.326. The van der Waals surface area contributed by atoms with Crippen LogP contribution in [0, 0.1) is 11.3 Å². The zero-order valence-electron chi connectivity index (χ0n) is 11.5. The molecule has 0 spiro atoms. The standard InChI is InChI=1S/C13H23N5O/c1-2-3-17-13(19)12(10-14)11-16-6-9-18-7-4-15-5-8-18/h11,15-16H,2-9H2,1H3,(H,17,19)/b12-11-. The van der Waals surface area contributed by atoms with Gasteiger partial charge in [0.1, 0.15) is 11.6 Å². The molecule has 1 saturated heterocycles. The Morgan fingerprint density at radius 3 is 2.79 bits per heavy atom. The van der Waals surface area contributed by atoms with E-state index in [0.29, 0.717) is 6.54 Å². The second kappa shape index (κ2) is 9.36. The Morgan fingerprint density at radius 2 is 2.16 bits per heavy atom. The fourth-order valence-corrected chi connectivity index (χ4v) is 1.81. The molecule has 0 saturated carbocycles. The first-order valence-corrected chi connectivity index (χ1v) is 6.83. The molecule has 1 heterocycles. The Morgan fingerprint density at radius 1 is 1.42 bits per heavy atom. The molecule has 106 valence electrons. The summed E-state index contributed by atoms with van der Waals surface area (Å²) in [4.78, 5) is 13.9. The lowest BCUT2D eigenvalue weighted by Gasteiger charge is -2.26. The Kier molecular flexibility index (Phi) is 7.63. The molecule has 0 unspecified atom stereocenters. The molecular weight excluding hydrogens is 242 g/mol. The number of rotatable bonds is 7. The first kappa shape index (κ1) is 15.5. The molecule has 0 aliphatic carbocycles. The Balaban J connectivity index is 2.24. The van der Waals surface area contributed by atoms with Gasteiger partial charge in [0, 0.05) is 52.0 Å². The van der Waals surface area contributed by atoms with Gasteiger partial charge in [-0.1, -0.05) is 6.92 Å². The number of nitriles is 1. The van der Waals surface area contributed by atoms with Crippen LogP contribution in [0.3, 0.4) is 0 Å². The van der Waals surface area contributed by atoms with E-state index in [0.717, 1.165) is 45.7 Å². The van der Waals surface area contributed by atoms with Crippen LogP contribution in [-0.2, 0) is 4.79 Å². The van der Waals surface area contributed by atoms with Crippen molar-refractivity contribution in [3.8, 4) is 6.07 Å². The first-order valence-electron chi connectivity index (χ1n) is 6.83. The maximum atomic E-state index is 11.6. The summed E-state index contributed by atoms with van der Waals surface area (Å²) in [5, 5.41) is 17.9. The third-order valence-corrected chi connectivity index (χ3v) is 2.93. The Bertz CT molecular complexity index is 341. The van der Waals surface area contributed by atoms with Crippen LogP contribution in [-0.4, -0.2) is 56.6 Å². The number of amides is 1. The van der Waals surface area contributed by atoms with E-state index in [1.807, 2.05) is 13.0 Å². The Hall–Kier alpha value is -1.58. The summed E-state index contributed by atoms with van der Waals surface area (Å²) in [5.74, 6) is -0.306. The van der Waals surface area contributed by atoms with E-state index >= 15 is 0 Å². The van der Waals surface area contributed by atoms with Crippen LogP contribution in [0.2, 0.25) is 0 Å². The average Bonchev–Trinajstić information content (AvgIpc) is 2.46. The molecule has 19 heavy (non-hydrogen) atoms. The SMILES string of the molecule is CCCNC(=O)/C(C#N)=C\NCCN1CCNCC1. The van der Waals surface area contributed by atoms with Crippen molar-refractivity contribution in [2.24, 2.45) is 0 Å². The fourth-order valence-electron chi connectivity index (χ4n) is 1.81. The lowest BCUT2D eigenvalue weighted by molar-refractivity contribution is -0.117. The van der Waals surface area contributed by atoms with E-state index in [4.69, 9.17) is 5.26 Å². The molecule has 3 N–H and O–H groups in total. The van der Waals surface area contributed by atoms with Crippen LogP contribution < -0.4 is 16.0 Å².